The van der Waals surface area contributed by atoms with E-state index in [0.717, 1.165) is 10.9 Å². The van der Waals surface area contributed by atoms with Crippen LogP contribution >= 0.6 is 0 Å². The van der Waals surface area contributed by atoms with Crippen molar-refractivity contribution in [3.8, 4) is 0 Å². The van der Waals surface area contributed by atoms with Crippen LogP contribution < -0.4 is 5.32 Å². The van der Waals surface area contributed by atoms with E-state index in [4.69, 9.17) is 4.74 Å². The average molecular weight is 345 g/mol. The van der Waals surface area contributed by atoms with Crippen molar-refractivity contribution in [3.63, 3.8) is 0 Å². The van der Waals surface area contributed by atoms with Crippen molar-refractivity contribution in [3.05, 3.63) is 35.9 Å². The van der Waals surface area contributed by atoms with E-state index < -0.39 is 0 Å². The second-order valence-corrected chi connectivity index (χ2v) is 7.62. The lowest BCUT2D eigenvalue weighted by molar-refractivity contribution is -0.947. The third-order valence-corrected chi connectivity index (χ3v) is 5.90. The van der Waals surface area contributed by atoms with Gasteiger partial charge in [-0.2, -0.15) is 0 Å². The number of carbonyl (C=O) groups is 2. The van der Waals surface area contributed by atoms with Crippen LogP contribution in [0.2, 0.25) is 0 Å². The maximum atomic E-state index is 12.0. The van der Waals surface area contributed by atoms with Gasteiger partial charge >= 0.3 is 5.97 Å². The molecule has 1 N–H and O–H groups in total. The molecule has 1 aromatic rings. The summed E-state index contributed by atoms with van der Waals surface area (Å²) in [4.78, 5) is 24.0. The summed E-state index contributed by atoms with van der Waals surface area (Å²) < 4.78 is 6.64. The van der Waals surface area contributed by atoms with E-state index >= 15 is 0 Å². The molecule has 0 aromatic heterocycles. The lowest BCUT2D eigenvalue weighted by Gasteiger charge is -2.51. The van der Waals surface area contributed by atoms with Crippen LogP contribution in [0.1, 0.15) is 42.5 Å². The van der Waals surface area contributed by atoms with Crippen molar-refractivity contribution in [2.75, 3.05) is 33.3 Å². The summed E-state index contributed by atoms with van der Waals surface area (Å²) in [6.07, 6.45) is 6.19. The zero-order valence-electron chi connectivity index (χ0n) is 15.1. The SMILES string of the molecule is C[N+]12CCCCC1C(COC(=O)CNC(=O)c1ccccc1)CCC2. The molecule has 0 aliphatic carbocycles. The number of carbonyl (C=O) groups excluding carboxylic acids is 2. The molecule has 136 valence electrons. The fourth-order valence-corrected chi connectivity index (χ4v) is 4.52. The Balaban J connectivity index is 1.45. The summed E-state index contributed by atoms with van der Waals surface area (Å²) in [6.45, 7) is 2.92. The Morgan fingerprint density at radius 1 is 1.12 bits per heavy atom. The van der Waals surface area contributed by atoms with E-state index in [0.29, 0.717) is 24.1 Å². The third-order valence-electron chi connectivity index (χ3n) is 5.90. The normalized spacial score (nSPS) is 28.7. The number of ether oxygens (including phenoxy) is 1. The van der Waals surface area contributed by atoms with Gasteiger partial charge in [-0.25, -0.2) is 0 Å². The van der Waals surface area contributed by atoms with E-state index in [-0.39, 0.29) is 18.4 Å². The zero-order valence-corrected chi connectivity index (χ0v) is 15.1. The number of benzene rings is 1. The van der Waals surface area contributed by atoms with Crippen molar-refractivity contribution in [2.24, 2.45) is 5.92 Å². The number of piperidine rings is 2. The standard InChI is InChI=1S/C20H28N2O3/c1-22-12-6-5-11-18(22)17(10-7-13-22)15-25-19(23)14-21-20(24)16-8-3-2-4-9-16/h2-4,8-9,17-18H,5-7,10-15H2,1H3/p+1. The van der Waals surface area contributed by atoms with Gasteiger partial charge in [0.25, 0.3) is 5.91 Å². The van der Waals surface area contributed by atoms with Crippen LogP contribution in [0, 0.1) is 5.92 Å². The summed E-state index contributed by atoms with van der Waals surface area (Å²) in [5.41, 5.74) is 0.554. The summed E-state index contributed by atoms with van der Waals surface area (Å²) in [5, 5.41) is 2.63. The Bertz CT molecular complexity index is 600. The smallest absolute Gasteiger partial charge is 0.325 e. The van der Waals surface area contributed by atoms with Crippen LogP contribution in [0.3, 0.4) is 0 Å². The Morgan fingerprint density at radius 2 is 1.88 bits per heavy atom. The van der Waals surface area contributed by atoms with E-state index in [1.54, 1.807) is 24.3 Å². The number of hydrogen-bond donors (Lipinski definition) is 1. The Hall–Kier alpha value is -1.88. The average Bonchev–Trinajstić information content (AvgIpc) is 2.64. The van der Waals surface area contributed by atoms with Crippen molar-refractivity contribution in [2.45, 2.75) is 38.1 Å². The number of quaternary nitrogens is 1. The molecule has 0 radical (unpaired) electrons. The highest BCUT2D eigenvalue weighted by Gasteiger charge is 2.43. The lowest BCUT2D eigenvalue weighted by Crippen LogP contribution is -2.61. The molecule has 2 heterocycles. The van der Waals surface area contributed by atoms with E-state index in [9.17, 15) is 9.59 Å². The minimum absolute atomic E-state index is 0.0722. The summed E-state index contributed by atoms with van der Waals surface area (Å²) >= 11 is 0. The molecule has 3 atom stereocenters. The molecular weight excluding hydrogens is 316 g/mol. The largest absolute Gasteiger partial charge is 0.464 e. The summed E-state index contributed by atoms with van der Waals surface area (Å²) in [6, 6.07) is 9.53. The van der Waals surface area contributed by atoms with Crippen LogP contribution in [0.25, 0.3) is 0 Å². The van der Waals surface area contributed by atoms with Crippen molar-refractivity contribution >= 4 is 11.9 Å². The highest BCUT2D eigenvalue weighted by molar-refractivity contribution is 5.95. The van der Waals surface area contributed by atoms with E-state index in [1.165, 1.54) is 38.8 Å². The van der Waals surface area contributed by atoms with Gasteiger partial charge in [0, 0.05) is 17.9 Å². The zero-order chi connectivity index (χ0) is 17.7. The van der Waals surface area contributed by atoms with E-state index in [1.807, 2.05) is 6.07 Å². The first-order chi connectivity index (χ1) is 12.1. The molecule has 3 rings (SSSR count). The van der Waals surface area contributed by atoms with Crippen LogP contribution in [-0.2, 0) is 9.53 Å². The minimum atomic E-state index is -0.347. The number of fused-ring (bicyclic) bond motifs is 1. The van der Waals surface area contributed by atoms with Gasteiger partial charge in [0.15, 0.2) is 0 Å². The molecule has 2 aliphatic heterocycles. The number of nitrogens with one attached hydrogen (secondary N) is 1. The van der Waals surface area contributed by atoms with Gasteiger partial charge in [-0.05, 0) is 37.8 Å². The molecule has 1 amide bonds. The Kier molecular flexibility index (Phi) is 5.74. The van der Waals surface area contributed by atoms with Crippen molar-refractivity contribution in [1.82, 2.24) is 5.32 Å². The quantitative estimate of drug-likeness (QED) is 0.658. The van der Waals surface area contributed by atoms with Crippen LogP contribution in [0.15, 0.2) is 30.3 Å². The van der Waals surface area contributed by atoms with E-state index in [2.05, 4.69) is 12.4 Å². The number of esters is 1. The molecule has 0 spiro atoms. The topological polar surface area (TPSA) is 55.4 Å². The summed E-state index contributed by atoms with van der Waals surface area (Å²) in [7, 11) is 2.36. The molecule has 5 heteroatoms. The fraction of sp³-hybridized carbons (Fsp3) is 0.600. The summed E-state index contributed by atoms with van der Waals surface area (Å²) in [5.74, 6) is -0.139. The number of nitrogens with zero attached hydrogens (tertiary/aromatic N) is 1. The number of hydrogen-bond acceptors (Lipinski definition) is 3. The van der Waals surface area contributed by atoms with Crippen molar-refractivity contribution in [1.29, 1.82) is 0 Å². The van der Waals surface area contributed by atoms with Gasteiger partial charge in [0.2, 0.25) is 0 Å². The fourth-order valence-electron chi connectivity index (χ4n) is 4.52. The van der Waals surface area contributed by atoms with Crippen molar-refractivity contribution < 1.29 is 18.8 Å². The maximum Gasteiger partial charge on any atom is 0.325 e. The minimum Gasteiger partial charge on any atom is -0.464 e. The molecule has 0 saturated carbocycles. The number of rotatable bonds is 5. The second-order valence-electron chi connectivity index (χ2n) is 7.62. The second kappa shape index (κ2) is 8.00. The highest BCUT2D eigenvalue weighted by Crippen LogP contribution is 2.36. The monoisotopic (exact) mass is 345 g/mol. The van der Waals surface area contributed by atoms with Crippen LogP contribution in [0.4, 0.5) is 0 Å². The predicted molar refractivity (Wildman–Crippen MR) is 96.0 cm³/mol. The first-order valence-corrected chi connectivity index (χ1v) is 9.41. The van der Waals surface area contributed by atoms with Gasteiger partial charge < -0.3 is 14.5 Å². The molecule has 2 saturated heterocycles. The van der Waals surface area contributed by atoms with Crippen LogP contribution in [-0.4, -0.2) is 55.7 Å². The molecule has 0 bridgehead atoms. The molecule has 5 nitrogen and oxygen atoms in total. The Labute approximate surface area is 149 Å². The van der Waals surface area contributed by atoms with Gasteiger partial charge in [-0.15, -0.1) is 0 Å². The van der Waals surface area contributed by atoms with Gasteiger partial charge in [0.05, 0.1) is 32.8 Å². The molecule has 1 aromatic carbocycles. The Morgan fingerprint density at radius 3 is 2.68 bits per heavy atom. The highest BCUT2D eigenvalue weighted by atomic mass is 16.5. The molecule has 3 unspecified atom stereocenters. The molecular formula is C20H29N2O3+. The van der Waals surface area contributed by atoms with Gasteiger partial charge in [-0.1, -0.05) is 18.2 Å². The first-order valence-electron chi connectivity index (χ1n) is 9.41. The van der Waals surface area contributed by atoms with Gasteiger partial charge in [-0.3, -0.25) is 9.59 Å². The number of amides is 1. The first kappa shape index (κ1) is 17.9. The predicted octanol–water partition coefficient (Wildman–Crippen LogP) is 2.37. The lowest BCUT2D eigenvalue weighted by atomic mass is 9.82. The third kappa shape index (κ3) is 4.40. The molecule has 2 aliphatic rings. The van der Waals surface area contributed by atoms with Gasteiger partial charge in [0.1, 0.15) is 6.54 Å². The molecule has 2 fully saturated rings. The van der Waals surface area contributed by atoms with Crippen LogP contribution in [0.5, 0.6) is 0 Å². The molecule has 25 heavy (non-hydrogen) atoms. The maximum absolute atomic E-state index is 12.0.